The lowest BCUT2D eigenvalue weighted by Crippen LogP contribution is -2.49. The second kappa shape index (κ2) is 15.4. The number of halogens is 1. The third kappa shape index (κ3) is 8.09. The Labute approximate surface area is 313 Å². The molecule has 0 aromatic heterocycles. The highest BCUT2D eigenvalue weighted by Gasteiger charge is 2.44. The molecule has 1 spiro atoms. The smallest absolute Gasteiger partial charge is 0.286 e. The Morgan fingerprint density at radius 3 is 2.75 bits per heavy atom. The number of nitrogens with zero attached hydrogens (tertiary/aromatic N) is 2. The second-order valence-electron chi connectivity index (χ2n) is 15.8. The van der Waals surface area contributed by atoms with Crippen molar-refractivity contribution in [2.24, 2.45) is 22.1 Å². The molecule has 7 rings (SSSR count). The number of hydrogen-bond donors (Lipinski definition) is 1. The lowest BCUT2D eigenvalue weighted by molar-refractivity contribution is -0.138. The Balaban J connectivity index is 1.24. The van der Waals surface area contributed by atoms with Crippen LogP contribution in [-0.2, 0) is 40.8 Å². The molecular weight excluding hydrogens is 702 g/mol. The molecule has 1 N–H and O–H groups in total. The first-order chi connectivity index (χ1) is 25.0. The van der Waals surface area contributed by atoms with Crippen molar-refractivity contribution in [3.63, 3.8) is 0 Å². The molecule has 6 atom stereocenters. The summed E-state index contributed by atoms with van der Waals surface area (Å²) in [4.78, 5) is 29.6. The molecular formula is C40H52ClN3O7S. The number of rotatable bonds is 5. The summed E-state index contributed by atoms with van der Waals surface area (Å²) in [6.07, 6.45) is 11.2. The number of carbonyl (C=O) groups excluding carboxylic acids is 2. The van der Waals surface area contributed by atoms with E-state index in [1.54, 1.807) is 13.2 Å². The molecule has 2 fully saturated rings. The predicted octanol–water partition coefficient (Wildman–Crippen LogP) is 6.68. The Morgan fingerprint density at radius 2 is 1.98 bits per heavy atom. The first-order valence-electron chi connectivity index (χ1n) is 18.8. The van der Waals surface area contributed by atoms with Crippen molar-refractivity contribution in [1.29, 1.82) is 0 Å². The van der Waals surface area contributed by atoms with Crippen LogP contribution in [0.2, 0.25) is 5.02 Å². The molecule has 1 saturated heterocycles. The maximum absolute atomic E-state index is 14.5. The van der Waals surface area contributed by atoms with E-state index in [2.05, 4.69) is 38.3 Å². The van der Waals surface area contributed by atoms with Gasteiger partial charge in [-0.25, -0.2) is 4.21 Å². The second-order valence-corrected chi connectivity index (χ2v) is 18.3. The molecule has 2 aromatic rings. The summed E-state index contributed by atoms with van der Waals surface area (Å²) in [5.74, 6) is 0.0933. The molecule has 2 bridgehead atoms. The van der Waals surface area contributed by atoms with E-state index in [4.69, 9.17) is 30.5 Å². The van der Waals surface area contributed by atoms with Gasteiger partial charge in [0.1, 0.15) is 22.3 Å². The Bertz CT molecular complexity index is 1820. The van der Waals surface area contributed by atoms with Gasteiger partial charge in [-0.1, -0.05) is 36.7 Å². The Kier molecular flexibility index (Phi) is 11.1. The minimum atomic E-state index is -3.51. The van der Waals surface area contributed by atoms with Gasteiger partial charge in [-0.05, 0) is 118 Å². The predicted molar refractivity (Wildman–Crippen MR) is 202 cm³/mol. The molecule has 5 aliphatic rings. The van der Waals surface area contributed by atoms with Crippen LogP contribution in [0.15, 0.2) is 52.9 Å². The van der Waals surface area contributed by atoms with Crippen LogP contribution in [0.5, 0.6) is 5.75 Å². The fourth-order valence-electron chi connectivity index (χ4n) is 8.76. The molecule has 2 aromatic carbocycles. The van der Waals surface area contributed by atoms with Crippen molar-refractivity contribution in [2.75, 3.05) is 57.3 Å². The number of benzene rings is 2. The highest BCUT2D eigenvalue weighted by atomic mass is 35.5. The Morgan fingerprint density at radius 1 is 1.15 bits per heavy atom. The molecule has 0 radical (unpaired) electrons. The summed E-state index contributed by atoms with van der Waals surface area (Å²) in [6.45, 7) is 6.74. The monoisotopic (exact) mass is 753 g/mol. The Hall–Kier alpha value is -2.96. The van der Waals surface area contributed by atoms with E-state index in [0.29, 0.717) is 62.2 Å². The molecule has 10 nitrogen and oxygen atoms in total. The average Bonchev–Trinajstić information content (AvgIpc) is 3.25. The lowest BCUT2D eigenvalue weighted by atomic mass is 9.68. The standard InChI is InChI=1S/C40H52ClN3O7S/c1-27-6-4-8-35(48-3)32-12-9-30(32)22-44-25-40(15-5-7-28-20-31(41)11-13-33(28)40)26-50-36-14-10-29(21-34(36)44)38(46)43-52(47,24-27)42-37(45)23-51-39(2)16-18-49-19-17-39/h4,8,10-11,13-14,20-21,27,30,32,35H,5-7,9,12,15-19,22-26H2,1-3H3,(H,42,43,45,46,47)/b8-4+/t27-,30-,32+,35-,40-,52+/m0/s1. The molecule has 1 saturated carbocycles. The SMILES string of the molecule is CO[C@H]1/C=C/C[C@H](C)C[S@@](=O)(NC(=O)COC2(C)CCOCC2)=NC(=O)c2ccc3c(c2)N(C[C@@H]2CC[C@H]21)C[C@@]1(CCCc2cc(Cl)ccc21)CO3. The highest BCUT2D eigenvalue weighted by molar-refractivity contribution is 7.92. The number of aryl methyl sites for hydroxylation is 1. The first-order valence-corrected chi connectivity index (χ1v) is 20.8. The average molecular weight is 754 g/mol. The van der Waals surface area contributed by atoms with Crippen molar-refractivity contribution in [2.45, 2.75) is 82.3 Å². The van der Waals surface area contributed by atoms with E-state index in [1.807, 2.05) is 32.0 Å². The summed E-state index contributed by atoms with van der Waals surface area (Å²) in [5, 5.41) is 0.741. The van der Waals surface area contributed by atoms with Crippen LogP contribution in [0, 0.1) is 17.8 Å². The van der Waals surface area contributed by atoms with Gasteiger partial charge in [0.15, 0.2) is 0 Å². The van der Waals surface area contributed by atoms with Crippen LogP contribution in [0.25, 0.3) is 0 Å². The van der Waals surface area contributed by atoms with Gasteiger partial charge in [-0.3, -0.25) is 14.3 Å². The summed E-state index contributed by atoms with van der Waals surface area (Å²) < 4.78 is 45.6. The van der Waals surface area contributed by atoms with Crippen molar-refractivity contribution in [1.82, 2.24) is 4.72 Å². The van der Waals surface area contributed by atoms with Crippen LogP contribution < -0.4 is 14.4 Å². The maximum atomic E-state index is 14.5. The summed E-state index contributed by atoms with van der Waals surface area (Å²) in [5.41, 5.74) is 2.89. The van der Waals surface area contributed by atoms with E-state index in [-0.39, 0.29) is 29.8 Å². The molecule has 2 amide bonds. The number of methoxy groups -OCH3 is 1. The molecule has 52 heavy (non-hydrogen) atoms. The zero-order chi connectivity index (χ0) is 36.5. The number of fused-ring (bicyclic) bond motifs is 4. The van der Waals surface area contributed by atoms with Gasteiger partial charge in [-0.15, -0.1) is 4.36 Å². The normalized spacial score (nSPS) is 32.2. The number of carbonyl (C=O) groups is 2. The van der Waals surface area contributed by atoms with Gasteiger partial charge in [0.05, 0.1) is 29.8 Å². The summed E-state index contributed by atoms with van der Waals surface area (Å²) >= 11 is 6.46. The third-order valence-electron chi connectivity index (χ3n) is 11.9. The van der Waals surface area contributed by atoms with Gasteiger partial charge >= 0.3 is 0 Å². The zero-order valence-corrected chi connectivity index (χ0v) is 32.1. The minimum absolute atomic E-state index is 0.00968. The molecule has 12 heteroatoms. The van der Waals surface area contributed by atoms with Crippen LogP contribution >= 0.6 is 11.6 Å². The third-order valence-corrected chi connectivity index (χ3v) is 14.2. The van der Waals surface area contributed by atoms with E-state index in [0.717, 1.165) is 55.9 Å². The molecule has 2 aliphatic carbocycles. The number of anilines is 1. The van der Waals surface area contributed by atoms with Crippen LogP contribution in [0.3, 0.4) is 0 Å². The van der Waals surface area contributed by atoms with E-state index >= 15 is 0 Å². The lowest BCUT2D eigenvalue weighted by Gasteiger charge is -2.46. The number of nitrogens with one attached hydrogen (secondary N) is 1. The van der Waals surface area contributed by atoms with Crippen molar-refractivity contribution in [3.8, 4) is 5.75 Å². The van der Waals surface area contributed by atoms with Crippen molar-refractivity contribution >= 4 is 39.0 Å². The number of hydrogen-bond acceptors (Lipinski definition) is 8. The molecule has 3 aliphatic heterocycles. The zero-order valence-electron chi connectivity index (χ0n) is 30.6. The van der Waals surface area contributed by atoms with Crippen molar-refractivity contribution < 1.29 is 32.7 Å². The number of allylic oxidation sites excluding steroid dienone is 1. The fraction of sp³-hybridized carbons (Fsp3) is 0.600. The highest BCUT2D eigenvalue weighted by Crippen LogP contribution is 2.47. The topological polar surface area (TPSA) is 116 Å². The van der Waals surface area contributed by atoms with Crippen LogP contribution in [0.4, 0.5) is 5.69 Å². The van der Waals surface area contributed by atoms with Gasteiger partial charge in [0.2, 0.25) is 0 Å². The summed E-state index contributed by atoms with van der Waals surface area (Å²) in [7, 11) is -1.75. The van der Waals surface area contributed by atoms with Gasteiger partial charge in [0.25, 0.3) is 11.8 Å². The minimum Gasteiger partial charge on any atom is -0.490 e. The van der Waals surface area contributed by atoms with Crippen LogP contribution in [-0.4, -0.2) is 80.1 Å². The molecule has 282 valence electrons. The quantitative estimate of drug-likeness (QED) is 0.337. The summed E-state index contributed by atoms with van der Waals surface area (Å²) in [6, 6.07) is 11.6. The van der Waals surface area contributed by atoms with Crippen molar-refractivity contribution in [3.05, 3.63) is 70.3 Å². The van der Waals surface area contributed by atoms with E-state index in [9.17, 15) is 13.8 Å². The van der Waals surface area contributed by atoms with Gasteiger partial charge in [-0.2, -0.15) is 0 Å². The largest absolute Gasteiger partial charge is 0.490 e. The maximum Gasteiger partial charge on any atom is 0.286 e. The van der Waals surface area contributed by atoms with Gasteiger partial charge in [0, 0.05) is 49.4 Å². The van der Waals surface area contributed by atoms with Crippen LogP contribution in [0.1, 0.15) is 80.3 Å². The van der Waals surface area contributed by atoms with E-state index in [1.165, 1.54) is 11.1 Å². The number of amides is 2. The molecule has 0 unspecified atom stereocenters. The molecule has 3 heterocycles. The number of ether oxygens (including phenoxy) is 4. The fourth-order valence-corrected chi connectivity index (χ4v) is 10.9. The van der Waals surface area contributed by atoms with E-state index < -0.39 is 27.3 Å². The van der Waals surface area contributed by atoms with Gasteiger partial charge < -0.3 is 23.8 Å². The first kappa shape index (κ1) is 37.4.